The Morgan fingerprint density at radius 3 is 2.25 bits per heavy atom. The number of likely N-dealkylation sites (tertiary alicyclic amines) is 1. The Morgan fingerprint density at radius 2 is 1.62 bits per heavy atom. The van der Waals surface area contributed by atoms with E-state index in [1.54, 1.807) is 17.0 Å². The highest BCUT2D eigenvalue weighted by Gasteiger charge is 2.70. The van der Waals surface area contributed by atoms with E-state index in [1.165, 1.54) is 11.1 Å². The molecule has 304 valence electrons. The molecule has 0 spiro atoms. The third-order valence-electron chi connectivity index (χ3n) is 17.6. The Labute approximate surface area is 334 Å². The number of ketones is 1. The fourth-order valence-electron chi connectivity index (χ4n) is 14.4. The van der Waals surface area contributed by atoms with E-state index < -0.39 is 17.5 Å². The summed E-state index contributed by atoms with van der Waals surface area (Å²) < 4.78 is 0. The van der Waals surface area contributed by atoms with E-state index in [0.29, 0.717) is 49.2 Å². The lowest BCUT2D eigenvalue weighted by Crippen LogP contribution is -2.64. The van der Waals surface area contributed by atoms with Crippen LogP contribution in [-0.2, 0) is 14.4 Å². The molecule has 6 aliphatic carbocycles. The van der Waals surface area contributed by atoms with Crippen LogP contribution in [0.15, 0.2) is 41.5 Å². The predicted molar refractivity (Wildman–Crippen MR) is 217 cm³/mol. The molecule has 1 aromatic rings. The van der Waals surface area contributed by atoms with Gasteiger partial charge in [0.25, 0.3) is 0 Å². The molecule has 1 unspecified atom stereocenters. The molecule has 8 heteroatoms. The van der Waals surface area contributed by atoms with Crippen LogP contribution in [0.5, 0.6) is 0 Å². The summed E-state index contributed by atoms with van der Waals surface area (Å²) in [6.07, 6.45) is 12.4. The Kier molecular flexibility index (Phi) is 9.65. The van der Waals surface area contributed by atoms with Gasteiger partial charge in [-0.1, -0.05) is 72.2 Å². The number of rotatable bonds is 10. The standard InChI is InChI=1S/C48H66N2O6/c1-29(2)41-35(51)25-48(38(52)27-50(26-30-10-11-30)40(54)28-49-24-8-9-39(49)53)23-22-46(6)34(42(41)48)16-17-37-45(5)20-18-33(31-12-14-32(15-13-31)43(55)56)44(3,4)36(45)19-21-47(37,46)7/h12-15,18,29-30,34,36-38,52H,8-11,16-17,19-28H2,1-7H3,(H,55,56)/t34-,36?,37-,38+,45+,46-,47-,48+/m1/s1. The van der Waals surface area contributed by atoms with Crippen molar-refractivity contribution in [3.63, 3.8) is 0 Å². The summed E-state index contributed by atoms with van der Waals surface area (Å²) in [6.45, 7) is 18.3. The molecule has 8 nitrogen and oxygen atoms in total. The molecule has 0 radical (unpaired) electrons. The third kappa shape index (κ3) is 5.91. The lowest BCUT2D eigenvalue weighted by Gasteiger charge is -2.71. The van der Waals surface area contributed by atoms with E-state index in [0.717, 1.165) is 75.3 Å². The Hall–Kier alpha value is -3.26. The topological polar surface area (TPSA) is 115 Å². The normalized spacial score (nSPS) is 36.8. The van der Waals surface area contributed by atoms with Crippen molar-refractivity contribution in [2.45, 2.75) is 132 Å². The number of aliphatic hydroxyl groups is 1. The number of carboxylic acid groups (broad SMARTS) is 1. The summed E-state index contributed by atoms with van der Waals surface area (Å²) >= 11 is 0. The molecule has 5 fully saturated rings. The highest BCUT2D eigenvalue weighted by molar-refractivity contribution is 6.01. The molecular formula is C48H66N2O6. The summed E-state index contributed by atoms with van der Waals surface area (Å²) in [6, 6.07) is 7.44. The van der Waals surface area contributed by atoms with Crippen LogP contribution in [0.1, 0.15) is 141 Å². The molecule has 2 N–H and O–H groups in total. The Morgan fingerprint density at radius 1 is 0.911 bits per heavy atom. The van der Waals surface area contributed by atoms with Gasteiger partial charge in [-0.2, -0.15) is 0 Å². The summed E-state index contributed by atoms with van der Waals surface area (Å²) in [5, 5.41) is 22.1. The average Bonchev–Trinajstić information content (AvgIpc) is 3.78. The molecule has 1 heterocycles. The first-order valence-corrected chi connectivity index (χ1v) is 21.9. The van der Waals surface area contributed by atoms with Gasteiger partial charge < -0.3 is 20.0 Å². The Balaban J connectivity index is 1.10. The third-order valence-corrected chi connectivity index (χ3v) is 17.6. The van der Waals surface area contributed by atoms with Crippen LogP contribution in [0.25, 0.3) is 5.57 Å². The van der Waals surface area contributed by atoms with Crippen molar-refractivity contribution in [2.75, 3.05) is 26.2 Å². The minimum absolute atomic E-state index is 0.0381. The number of allylic oxidation sites excluding steroid dienone is 3. The summed E-state index contributed by atoms with van der Waals surface area (Å²) in [7, 11) is 0. The van der Waals surface area contributed by atoms with Gasteiger partial charge in [-0.3, -0.25) is 14.4 Å². The van der Waals surface area contributed by atoms with E-state index in [2.05, 4.69) is 54.5 Å². The van der Waals surface area contributed by atoms with Gasteiger partial charge in [0, 0.05) is 37.9 Å². The summed E-state index contributed by atoms with van der Waals surface area (Å²) in [5.41, 5.74) is 4.27. The zero-order valence-electron chi connectivity index (χ0n) is 35.1. The fraction of sp³-hybridized carbons (Fsp3) is 0.708. The quantitative estimate of drug-likeness (QED) is 0.247. The number of carboxylic acids is 1. The van der Waals surface area contributed by atoms with Gasteiger partial charge in [-0.05, 0) is 144 Å². The van der Waals surface area contributed by atoms with Gasteiger partial charge in [-0.15, -0.1) is 0 Å². The first-order chi connectivity index (χ1) is 26.4. The minimum atomic E-state index is -0.901. The van der Waals surface area contributed by atoms with Crippen LogP contribution in [0.2, 0.25) is 0 Å². The number of fused-ring (bicyclic) bond motifs is 7. The highest BCUT2D eigenvalue weighted by Crippen LogP contribution is 2.77. The average molecular weight is 767 g/mol. The lowest BCUT2D eigenvalue weighted by atomic mass is 9.33. The minimum Gasteiger partial charge on any atom is -0.478 e. The molecule has 4 saturated carbocycles. The van der Waals surface area contributed by atoms with E-state index in [1.807, 2.05) is 17.0 Å². The first-order valence-electron chi connectivity index (χ1n) is 21.9. The monoisotopic (exact) mass is 766 g/mol. The second kappa shape index (κ2) is 13.7. The van der Waals surface area contributed by atoms with Crippen molar-refractivity contribution in [3.05, 3.63) is 52.6 Å². The van der Waals surface area contributed by atoms with Gasteiger partial charge in [0.15, 0.2) is 5.78 Å². The first kappa shape index (κ1) is 39.6. The maximum Gasteiger partial charge on any atom is 0.335 e. The maximum atomic E-state index is 14.3. The second-order valence-corrected chi connectivity index (χ2v) is 21.0. The number of benzene rings is 1. The number of carbonyl (C=O) groups is 4. The molecular weight excluding hydrogens is 701 g/mol. The van der Waals surface area contributed by atoms with Crippen LogP contribution in [0.4, 0.5) is 0 Å². The van der Waals surface area contributed by atoms with Crippen LogP contribution in [-0.4, -0.2) is 75.9 Å². The fourth-order valence-corrected chi connectivity index (χ4v) is 14.4. The molecule has 0 aromatic heterocycles. The molecule has 2 amide bonds. The van der Waals surface area contributed by atoms with Crippen LogP contribution >= 0.6 is 0 Å². The number of hydrogen-bond acceptors (Lipinski definition) is 5. The number of carbonyl (C=O) groups excluding carboxylic acids is 3. The zero-order chi connectivity index (χ0) is 40.2. The number of amides is 2. The summed E-state index contributed by atoms with van der Waals surface area (Å²) in [5.74, 6) is 0.918. The van der Waals surface area contributed by atoms with Gasteiger partial charge in [0.05, 0.1) is 18.2 Å². The molecule has 7 aliphatic rings. The van der Waals surface area contributed by atoms with Crippen LogP contribution in [0, 0.1) is 56.7 Å². The zero-order valence-corrected chi connectivity index (χ0v) is 35.1. The van der Waals surface area contributed by atoms with E-state index in [9.17, 15) is 29.4 Å². The van der Waals surface area contributed by atoms with Crippen molar-refractivity contribution in [1.82, 2.24) is 9.80 Å². The largest absolute Gasteiger partial charge is 0.478 e. The molecule has 1 aliphatic heterocycles. The number of aliphatic hydroxyl groups excluding tert-OH is 1. The van der Waals surface area contributed by atoms with E-state index in [-0.39, 0.29) is 64.2 Å². The van der Waals surface area contributed by atoms with Crippen molar-refractivity contribution >= 4 is 29.1 Å². The molecule has 56 heavy (non-hydrogen) atoms. The number of hydrogen-bond donors (Lipinski definition) is 2. The number of aromatic carboxylic acids is 1. The predicted octanol–water partition coefficient (Wildman–Crippen LogP) is 8.58. The van der Waals surface area contributed by atoms with Crippen molar-refractivity contribution in [1.29, 1.82) is 0 Å². The second-order valence-electron chi connectivity index (χ2n) is 21.0. The van der Waals surface area contributed by atoms with Gasteiger partial charge >= 0.3 is 5.97 Å². The number of Topliss-reactive ketones (excluding diaryl/α,β-unsaturated/α-hetero) is 1. The lowest BCUT2D eigenvalue weighted by molar-refractivity contribution is -0.200. The molecule has 1 aromatic carbocycles. The van der Waals surface area contributed by atoms with E-state index in [4.69, 9.17) is 0 Å². The van der Waals surface area contributed by atoms with Gasteiger partial charge in [-0.25, -0.2) is 4.79 Å². The van der Waals surface area contributed by atoms with Crippen molar-refractivity contribution < 1.29 is 29.4 Å². The maximum absolute atomic E-state index is 14.3. The van der Waals surface area contributed by atoms with Crippen molar-refractivity contribution in [3.8, 4) is 0 Å². The van der Waals surface area contributed by atoms with E-state index >= 15 is 0 Å². The van der Waals surface area contributed by atoms with Crippen molar-refractivity contribution in [2.24, 2.45) is 56.7 Å². The van der Waals surface area contributed by atoms with Crippen LogP contribution < -0.4 is 0 Å². The summed E-state index contributed by atoms with van der Waals surface area (Å²) in [4.78, 5) is 55.8. The Bertz CT molecular complexity index is 1870. The van der Waals surface area contributed by atoms with Crippen LogP contribution in [0.3, 0.4) is 0 Å². The SMILES string of the molecule is CC(C)C1=C2[C@H]3CC[C@@H]4[C@@]5(C)CC=C(c6ccc(C(=O)O)cc6)C(C)(C)C5CC[C@@]4(C)[C@]3(C)CC[C@@]2([C@@H](O)CN(CC2CC2)C(=O)CN2CCCC2=O)CC1=O. The highest BCUT2D eigenvalue weighted by atomic mass is 16.4. The van der Waals surface area contributed by atoms with Gasteiger partial charge in [0.2, 0.25) is 11.8 Å². The van der Waals surface area contributed by atoms with Gasteiger partial charge in [0.1, 0.15) is 0 Å². The molecule has 0 bridgehead atoms. The number of nitrogens with zero attached hydrogens (tertiary/aromatic N) is 2. The smallest absolute Gasteiger partial charge is 0.335 e. The molecule has 1 saturated heterocycles. The molecule has 8 atom stereocenters. The molecule has 8 rings (SSSR count).